The summed E-state index contributed by atoms with van der Waals surface area (Å²) in [5.74, 6) is -0.451. The quantitative estimate of drug-likeness (QED) is 0.663. The Morgan fingerprint density at radius 2 is 2.33 bits per heavy atom. The molecule has 1 aliphatic rings. The van der Waals surface area contributed by atoms with Gasteiger partial charge in [0.15, 0.2) is 0 Å². The number of rotatable bonds is 5. The Labute approximate surface area is 89.6 Å². The van der Waals surface area contributed by atoms with Crippen molar-refractivity contribution in [1.82, 2.24) is 0 Å². The lowest BCUT2D eigenvalue weighted by molar-refractivity contribution is -0.155. The van der Waals surface area contributed by atoms with E-state index in [0.29, 0.717) is 12.8 Å². The van der Waals surface area contributed by atoms with Crippen LogP contribution >= 0.6 is 0 Å². The molecule has 0 aromatic rings. The van der Waals surface area contributed by atoms with E-state index in [9.17, 15) is 15.0 Å². The highest BCUT2D eigenvalue weighted by Gasteiger charge is 2.29. The molecule has 0 unspecified atom stereocenters. The summed E-state index contributed by atoms with van der Waals surface area (Å²) in [6, 6.07) is 0. The molecular weight excluding hydrogens is 196 g/mol. The minimum absolute atomic E-state index is 0.451. The Hall–Kier alpha value is -0.870. The zero-order chi connectivity index (χ0) is 11.3. The van der Waals surface area contributed by atoms with Gasteiger partial charge in [-0.1, -0.05) is 25.8 Å². The van der Waals surface area contributed by atoms with Crippen LogP contribution in [0.15, 0.2) is 12.2 Å². The fourth-order valence-corrected chi connectivity index (χ4v) is 1.58. The third kappa shape index (κ3) is 3.64. The molecule has 4 heteroatoms. The first-order valence-electron chi connectivity index (χ1n) is 5.38. The molecule has 2 N–H and O–H groups in total. The van der Waals surface area contributed by atoms with Crippen LogP contribution in [-0.4, -0.2) is 34.5 Å². The summed E-state index contributed by atoms with van der Waals surface area (Å²) in [6.07, 6.45) is 3.43. The maximum absolute atomic E-state index is 10.9. The molecule has 0 radical (unpaired) electrons. The molecule has 1 aliphatic heterocycles. The van der Waals surface area contributed by atoms with Gasteiger partial charge in [-0.2, -0.15) is 0 Å². The molecule has 3 atom stereocenters. The third-order valence-electron chi connectivity index (χ3n) is 2.52. The van der Waals surface area contributed by atoms with Crippen molar-refractivity contribution < 1.29 is 19.7 Å². The van der Waals surface area contributed by atoms with Crippen molar-refractivity contribution in [2.45, 2.75) is 50.9 Å². The Kier molecular flexibility index (Phi) is 4.78. The molecule has 0 saturated carbocycles. The van der Waals surface area contributed by atoms with Gasteiger partial charge in [0.1, 0.15) is 12.2 Å². The SMILES string of the molecule is CCCC[C@@H](O)[C@H](O)[C@H]1CC=CC(=O)O1. The van der Waals surface area contributed by atoms with Gasteiger partial charge in [0.05, 0.1) is 6.10 Å². The molecule has 0 aromatic carbocycles. The van der Waals surface area contributed by atoms with Gasteiger partial charge in [-0.15, -0.1) is 0 Å². The van der Waals surface area contributed by atoms with Gasteiger partial charge < -0.3 is 14.9 Å². The van der Waals surface area contributed by atoms with E-state index in [0.717, 1.165) is 12.8 Å². The van der Waals surface area contributed by atoms with Gasteiger partial charge in [-0.05, 0) is 6.42 Å². The van der Waals surface area contributed by atoms with Crippen molar-refractivity contribution in [2.24, 2.45) is 0 Å². The van der Waals surface area contributed by atoms with E-state index in [1.54, 1.807) is 6.08 Å². The summed E-state index contributed by atoms with van der Waals surface area (Å²) in [7, 11) is 0. The third-order valence-corrected chi connectivity index (χ3v) is 2.52. The number of aliphatic hydroxyl groups is 2. The number of carbonyl (C=O) groups is 1. The van der Waals surface area contributed by atoms with Gasteiger partial charge in [0.2, 0.25) is 0 Å². The maximum Gasteiger partial charge on any atom is 0.330 e. The number of cyclic esters (lactones) is 1. The topological polar surface area (TPSA) is 66.8 Å². The van der Waals surface area contributed by atoms with Gasteiger partial charge in [-0.25, -0.2) is 4.79 Å². The molecule has 0 bridgehead atoms. The van der Waals surface area contributed by atoms with Crippen LogP contribution in [0.3, 0.4) is 0 Å². The number of hydrogen-bond acceptors (Lipinski definition) is 4. The normalized spacial score (nSPS) is 24.7. The zero-order valence-corrected chi connectivity index (χ0v) is 8.93. The highest BCUT2D eigenvalue weighted by atomic mass is 16.6. The predicted octanol–water partition coefficient (Wildman–Crippen LogP) is 0.770. The van der Waals surface area contributed by atoms with Crippen LogP contribution in [0.5, 0.6) is 0 Å². The molecule has 0 spiro atoms. The number of aliphatic hydroxyl groups excluding tert-OH is 2. The Morgan fingerprint density at radius 3 is 2.93 bits per heavy atom. The molecule has 4 nitrogen and oxygen atoms in total. The molecule has 0 aliphatic carbocycles. The average molecular weight is 214 g/mol. The average Bonchev–Trinajstić information content (AvgIpc) is 2.24. The predicted molar refractivity (Wildman–Crippen MR) is 55.2 cm³/mol. The fourth-order valence-electron chi connectivity index (χ4n) is 1.58. The molecule has 86 valence electrons. The van der Waals surface area contributed by atoms with Crippen LogP contribution in [-0.2, 0) is 9.53 Å². The minimum atomic E-state index is -0.981. The van der Waals surface area contributed by atoms with Gasteiger partial charge in [0, 0.05) is 12.5 Å². The number of unbranched alkanes of at least 4 members (excludes halogenated alkanes) is 1. The largest absolute Gasteiger partial charge is 0.456 e. The smallest absolute Gasteiger partial charge is 0.330 e. The Morgan fingerprint density at radius 1 is 1.60 bits per heavy atom. The second kappa shape index (κ2) is 5.88. The van der Waals surface area contributed by atoms with Crippen LogP contribution in [0, 0.1) is 0 Å². The lowest BCUT2D eigenvalue weighted by atomic mass is 9.99. The van der Waals surface area contributed by atoms with E-state index >= 15 is 0 Å². The summed E-state index contributed by atoms with van der Waals surface area (Å²) in [5.41, 5.74) is 0. The number of esters is 1. The van der Waals surface area contributed by atoms with Crippen molar-refractivity contribution in [1.29, 1.82) is 0 Å². The molecule has 1 heterocycles. The van der Waals surface area contributed by atoms with Crippen molar-refractivity contribution in [3.63, 3.8) is 0 Å². The van der Waals surface area contributed by atoms with Crippen LogP contribution in [0.25, 0.3) is 0 Å². The monoisotopic (exact) mass is 214 g/mol. The van der Waals surface area contributed by atoms with Crippen molar-refractivity contribution in [3.8, 4) is 0 Å². The van der Waals surface area contributed by atoms with Crippen LogP contribution in [0.1, 0.15) is 32.6 Å². The molecule has 15 heavy (non-hydrogen) atoms. The lowest BCUT2D eigenvalue weighted by Crippen LogP contribution is -2.40. The first kappa shape index (κ1) is 12.2. The molecule has 0 amide bonds. The maximum atomic E-state index is 10.9. The van der Waals surface area contributed by atoms with E-state index in [-0.39, 0.29) is 0 Å². The number of ether oxygens (including phenoxy) is 1. The highest BCUT2D eigenvalue weighted by molar-refractivity contribution is 5.82. The van der Waals surface area contributed by atoms with Crippen molar-refractivity contribution in [3.05, 3.63) is 12.2 Å². The second-order valence-electron chi connectivity index (χ2n) is 3.81. The molecule has 1 rings (SSSR count). The van der Waals surface area contributed by atoms with Gasteiger partial charge in [0.25, 0.3) is 0 Å². The molecular formula is C11H18O4. The van der Waals surface area contributed by atoms with E-state index in [1.165, 1.54) is 6.08 Å². The first-order valence-corrected chi connectivity index (χ1v) is 5.38. The van der Waals surface area contributed by atoms with Gasteiger partial charge >= 0.3 is 5.97 Å². The summed E-state index contributed by atoms with van der Waals surface area (Å²) in [5, 5.41) is 19.3. The van der Waals surface area contributed by atoms with Crippen LogP contribution < -0.4 is 0 Å². The Bertz CT molecular complexity index is 237. The van der Waals surface area contributed by atoms with Crippen LogP contribution in [0.2, 0.25) is 0 Å². The molecule has 0 saturated heterocycles. The van der Waals surface area contributed by atoms with E-state index in [4.69, 9.17) is 4.74 Å². The molecule has 0 aromatic heterocycles. The summed E-state index contributed by atoms with van der Waals surface area (Å²) >= 11 is 0. The van der Waals surface area contributed by atoms with Gasteiger partial charge in [-0.3, -0.25) is 0 Å². The number of hydrogen-bond donors (Lipinski definition) is 2. The fraction of sp³-hybridized carbons (Fsp3) is 0.727. The number of carbonyl (C=O) groups excluding carboxylic acids is 1. The lowest BCUT2D eigenvalue weighted by Gasteiger charge is -2.27. The van der Waals surface area contributed by atoms with E-state index < -0.39 is 24.3 Å². The highest BCUT2D eigenvalue weighted by Crippen LogP contribution is 2.16. The Balaban J connectivity index is 2.41. The van der Waals surface area contributed by atoms with Crippen molar-refractivity contribution >= 4 is 5.97 Å². The summed E-state index contributed by atoms with van der Waals surface area (Å²) in [6.45, 7) is 2.02. The summed E-state index contributed by atoms with van der Waals surface area (Å²) < 4.78 is 4.91. The standard InChI is InChI=1S/C11H18O4/c1-2-3-5-8(12)11(14)9-6-4-7-10(13)15-9/h4,7-9,11-12,14H,2-3,5-6H2,1H3/t8-,9-,11+/m1/s1. The minimum Gasteiger partial charge on any atom is -0.456 e. The van der Waals surface area contributed by atoms with Crippen molar-refractivity contribution in [2.75, 3.05) is 0 Å². The summed E-state index contributed by atoms with van der Waals surface area (Å²) in [4.78, 5) is 10.9. The van der Waals surface area contributed by atoms with E-state index in [1.807, 2.05) is 6.92 Å². The zero-order valence-electron chi connectivity index (χ0n) is 8.93. The second-order valence-corrected chi connectivity index (χ2v) is 3.81. The molecule has 0 fully saturated rings. The van der Waals surface area contributed by atoms with Crippen LogP contribution in [0.4, 0.5) is 0 Å². The first-order chi connectivity index (χ1) is 7.15. The van der Waals surface area contributed by atoms with E-state index in [2.05, 4.69) is 0 Å².